The van der Waals surface area contributed by atoms with Crippen molar-refractivity contribution < 1.29 is 5.11 Å². The van der Waals surface area contributed by atoms with Gasteiger partial charge >= 0.3 is 5.56 Å². The van der Waals surface area contributed by atoms with E-state index >= 15 is 0 Å². The molecule has 13 heavy (non-hydrogen) atoms. The van der Waals surface area contributed by atoms with E-state index in [1.165, 1.54) is 6.07 Å². The molecule has 0 spiro atoms. The molecule has 0 aliphatic carbocycles. The maximum absolute atomic E-state index is 10.7. The minimum Gasteiger partial charge on any atom is -0.503 e. The van der Waals surface area contributed by atoms with E-state index in [9.17, 15) is 4.79 Å². The number of hydrogen-bond acceptors (Lipinski definition) is 3. The first-order valence-corrected chi connectivity index (χ1v) is 4.37. The first kappa shape index (κ1) is 9.77. The van der Waals surface area contributed by atoms with Crippen LogP contribution in [-0.4, -0.2) is 15.3 Å². The molecule has 0 saturated carbocycles. The van der Waals surface area contributed by atoms with Gasteiger partial charge in [0.05, 0.1) is 5.69 Å². The van der Waals surface area contributed by atoms with Crippen molar-refractivity contribution in [3.8, 4) is 5.75 Å². The molecule has 0 aromatic carbocycles. The van der Waals surface area contributed by atoms with E-state index in [4.69, 9.17) is 5.11 Å². The Bertz CT molecular complexity index is 331. The van der Waals surface area contributed by atoms with Crippen LogP contribution in [0.3, 0.4) is 0 Å². The van der Waals surface area contributed by atoms with Crippen molar-refractivity contribution in [1.82, 2.24) is 10.2 Å². The molecular weight excluding hydrogens is 168 g/mol. The Balaban J connectivity index is 2.69. The fraction of sp³-hybridized carbons (Fsp3) is 0.556. The molecule has 0 atom stereocenters. The fourth-order valence-corrected chi connectivity index (χ4v) is 1.00. The topological polar surface area (TPSA) is 66.0 Å². The first-order valence-electron chi connectivity index (χ1n) is 4.37. The number of rotatable bonds is 3. The molecule has 0 radical (unpaired) electrons. The van der Waals surface area contributed by atoms with E-state index in [2.05, 4.69) is 24.0 Å². The van der Waals surface area contributed by atoms with Crippen LogP contribution in [0.15, 0.2) is 10.9 Å². The number of H-pyrrole nitrogens is 1. The van der Waals surface area contributed by atoms with Crippen LogP contribution in [0.5, 0.6) is 5.75 Å². The van der Waals surface area contributed by atoms with Crippen molar-refractivity contribution in [3.63, 3.8) is 0 Å². The van der Waals surface area contributed by atoms with Crippen LogP contribution in [0.2, 0.25) is 0 Å². The summed E-state index contributed by atoms with van der Waals surface area (Å²) in [5.41, 5.74) is 0.194. The molecule has 0 saturated heterocycles. The second-order valence-corrected chi connectivity index (χ2v) is 3.51. The molecule has 0 unspecified atom stereocenters. The number of hydrogen-bond donors (Lipinski definition) is 2. The lowest BCUT2D eigenvalue weighted by Crippen LogP contribution is -2.09. The van der Waals surface area contributed by atoms with E-state index in [0.717, 1.165) is 18.5 Å². The Kier molecular flexibility index (Phi) is 3.06. The van der Waals surface area contributed by atoms with Crippen LogP contribution in [0.25, 0.3) is 0 Å². The lowest BCUT2D eigenvalue weighted by molar-refractivity contribution is 0.461. The second-order valence-electron chi connectivity index (χ2n) is 3.51. The molecule has 0 fully saturated rings. The van der Waals surface area contributed by atoms with Gasteiger partial charge in [-0.25, -0.2) is 5.10 Å². The van der Waals surface area contributed by atoms with E-state index < -0.39 is 5.56 Å². The average molecular weight is 182 g/mol. The molecule has 0 amide bonds. The van der Waals surface area contributed by atoms with Gasteiger partial charge in [0.25, 0.3) is 0 Å². The fourth-order valence-electron chi connectivity index (χ4n) is 1.00. The van der Waals surface area contributed by atoms with E-state index in [0.29, 0.717) is 5.92 Å². The van der Waals surface area contributed by atoms with Gasteiger partial charge < -0.3 is 5.11 Å². The molecule has 4 nitrogen and oxygen atoms in total. The summed E-state index contributed by atoms with van der Waals surface area (Å²) in [5, 5.41) is 15.1. The Morgan fingerprint density at radius 3 is 2.85 bits per heavy atom. The van der Waals surface area contributed by atoms with Crippen molar-refractivity contribution in [1.29, 1.82) is 0 Å². The Morgan fingerprint density at radius 1 is 1.62 bits per heavy atom. The molecule has 4 heteroatoms. The first-order chi connectivity index (χ1) is 6.09. The van der Waals surface area contributed by atoms with Crippen molar-refractivity contribution in [2.75, 3.05) is 0 Å². The lowest BCUT2D eigenvalue weighted by Gasteiger charge is -2.02. The summed E-state index contributed by atoms with van der Waals surface area (Å²) >= 11 is 0. The van der Waals surface area contributed by atoms with Gasteiger partial charge in [-0.2, -0.15) is 5.10 Å². The Labute approximate surface area is 76.6 Å². The van der Waals surface area contributed by atoms with Crippen LogP contribution >= 0.6 is 0 Å². The minimum atomic E-state index is -0.534. The molecule has 1 rings (SSSR count). The lowest BCUT2D eigenvalue weighted by atomic mass is 10.1. The molecule has 2 N–H and O–H groups in total. The summed E-state index contributed by atoms with van der Waals surface area (Å²) in [6, 6.07) is 1.42. The maximum atomic E-state index is 10.7. The highest BCUT2D eigenvalue weighted by atomic mass is 16.3. The molecule has 1 aromatic heterocycles. The molecule has 1 heterocycles. The van der Waals surface area contributed by atoms with Crippen LogP contribution < -0.4 is 5.56 Å². The van der Waals surface area contributed by atoms with E-state index in [-0.39, 0.29) is 5.75 Å². The van der Waals surface area contributed by atoms with Crippen molar-refractivity contribution in [2.45, 2.75) is 26.7 Å². The highest BCUT2D eigenvalue weighted by Crippen LogP contribution is 2.08. The van der Waals surface area contributed by atoms with Gasteiger partial charge in [0.15, 0.2) is 5.75 Å². The summed E-state index contributed by atoms with van der Waals surface area (Å²) in [5.74, 6) is 0.338. The summed E-state index contributed by atoms with van der Waals surface area (Å²) in [4.78, 5) is 10.7. The normalized spacial score (nSPS) is 10.7. The summed E-state index contributed by atoms with van der Waals surface area (Å²) in [7, 11) is 0. The third-order valence-electron chi connectivity index (χ3n) is 1.81. The van der Waals surface area contributed by atoms with E-state index in [1.54, 1.807) is 0 Å². The van der Waals surface area contributed by atoms with Crippen molar-refractivity contribution >= 4 is 0 Å². The molecule has 72 valence electrons. The highest BCUT2D eigenvalue weighted by Gasteiger charge is 2.02. The number of nitrogens with one attached hydrogen (secondary N) is 1. The molecule has 0 bridgehead atoms. The van der Waals surface area contributed by atoms with Gasteiger partial charge in [0.1, 0.15) is 0 Å². The minimum absolute atomic E-state index is 0.256. The largest absolute Gasteiger partial charge is 0.503 e. The smallest absolute Gasteiger partial charge is 0.306 e. The third-order valence-corrected chi connectivity index (χ3v) is 1.81. The number of nitrogens with zero attached hydrogens (tertiary/aromatic N) is 1. The number of aromatic hydroxyl groups is 1. The molecule has 0 aliphatic rings. The van der Waals surface area contributed by atoms with Crippen LogP contribution in [0, 0.1) is 5.92 Å². The summed E-state index contributed by atoms with van der Waals surface area (Å²) in [6.07, 6.45) is 1.78. The summed E-state index contributed by atoms with van der Waals surface area (Å²) in [6.45, 7) is 4.23. The van der Waals surface area contributed by atoms with Crippen LogP contribution in [0.1, 0.15) is 26.0 Å². The predicted molar refractivity (Wildman–Crippen MR) is 49.7 cm³/mol. The zero-order valence-corrected chi connectivity index (χ0v) is 7.87. The summed E-state index contributed by atoms with van der Waals surface area (Å²) < 4.78 is 0. The van der Waals surface area contributed by atoms with Crippen LogP contribution in [-0.2, 0) is 6.42 Å². The van der Waals surface area contributed by atoms with Gasteiger partial charge in [-0.15, -0.1) is 0 Å². The van der Waals surface area contributed by atoms with Gasteiger partial charge in [0, 0.05) is 6.07 Å². The standard InChI is InChI=1S/C9H14N2O2/c1-6(2)3-4-7-5-8(12)9(13)11-10-7/h5-6H,3-4H2,1-2H3,(H,10,12)(H,11,13). The number of aromatic nitrogens is 2. The van der Waals surface area contributed by atoms with Crippen LogP contribution in [0.4, 0.5) is 0 Å². The van der Waals surface area contributed by atoms with Gasteiger partial charge in [0.2, 0.25) is 0 Å². The Morgan fingerprint density at radius 2 is 2.31 bits per heavy atom. The number of aryl methyl sites for hydroxylation is 1. The quantitative estimate of drug-likeness (QED) is 0.734. The monoisotopic (exact) mass is 182 g/mol. The third kappa shape index (κ3) is 2.89. The van der Waals surface area contributed by atoms with Crippen molar-refractivity contribution in [3.05, 3.63) is 22.1 Å². The number of aromatic amines is 1. The SMILES string of the molecule is CC(C)CCc1cc(O)c(=O)[nH]n1. The zero-order valence-electron chi connectivity index (χ0n) is 7.87. The van der Waals surface area contributed by atoms with Crippen molar-refractivity contribution in [2.24, 2.45) is 5.92 Å². The van der Waals surface area contributed by atoms with E-state index in [1.807, 2.05) is 0 Å². The molecular formula is C9H14N2O2. The van der Waals surface area contributed by atoms with Gasteiger partial charge in [-0.1, -0.05) is 13.8 Å². The zero-order chi connectivity index (χ0) is 9.84. The Hall–Kier alpha value is -1.32. The molecule has 0 aliphatic heterocycles. The highest BCUT2D eigenvalue weighted by molar-refractivity contribution is 5.17. The van der Waals surface area contributed by atoms with Gasteiger partial charge in [-0.3, -0.25) is 4.79 Å². The second kappa shape index (κ2) is 4.07. The predicted octanol–water partition coefficient (Wildman–Crippen LogP) is 1.06. The maximum Gasteiger partial charge on any atom is 0.306 e. The molecule has 1 aromatic rings. The average Bonchev–Trinajstić information content (AvgIpc) is 2.07. The van der Waals surface area contributed by atoms with Gasteiger partial charge in [-0.05, 0) is 18.8 Å².